The van der Waals surface area contributed by atoms with Crippen LogP contribution in [-0.4, -0.2) is 42.6 Å². The summed E-state index contributed by atoms with van der Waals surface area (Å²) in [6.45, 7) is 2.28. The maximum Gasteiger partial charge on any atom is 0.148 e. The maximum atomic E-state index is 6.02. The lowest BCUT2D eigenvalue weighted by molar-refractivity contribution is 0.154. The molecular formula is C18H31N5S. The van der Waals surface area contributed by atoms with Gasteiger partial charge in [0, 0.05) is 24.4 Å². The van der Waals surface area contributed by atoms with Gasteiger partial charge in [-0.25, -0.2) is 5.10 Å². The lowest BCUT2D eigenvalue weighted by atomic mass is 9.87. The van der Waals surface area contributed by atoms with Crippen LogP contribution in [0.4, 0.5) is 0 Å². The first-order chi connectivity index (χ1) is 11.8. The summed E-state index contributed by atoms with van der Waals surface area (Å²) in [4.78, 5) is 3.89. The molecule has 3 rings (SSSR count). The van der Waals surface area contributed by atoms with Crippen LogP contribution < -0.4 is 0 Å². The summed E-state index contributed by atoms with van der Waals surface area (Å²) >= 11 is 6.02. The van der Waals surface area contributed by atoms with Gasteiger partial charge in [-0.1, -0.05) is 57.7 Å². The summed E-state index contributed by atoms with van der Waals surface area (Å²) in [6.07, 6.45) is 15.5. The zero-order valence-corrected chi connectivity index (χ0v) is 15.7. The molecule has 0 radical (unpaired) electrons. The zero-order chi connectivity index (χ0) is 16.8. The third kappa shape index (κ3) is 4.52. The first-order valence-electron chi connectivity index (χ1n) is 9.80. The largest absolute Gasteiger partial charge is 0.360 e. The van der Waals surface area contributed by atoms with Crippen LogP contribution >= 0.6 is 12.2 Å². The van der Waals surface area contributed by atoms with Gasteiger partial charge >= 0.3 is 0 Å². The minimum Gasteiger partial charge on any atom is -0.360 e. The fraction of sp³-hybridized carbons (Fsp3) is 0.889. The molecule has 2 fully saturated rings. The molecule has 1 atom stereocenters. The smallest absolute Gasteiger partial charge is 0.148 e. The molecule has 0 amide bonds. The van der Waals surface area contributed by atoms with Crippen molar-refractivity contribution >= 4 is 17.2 Å². The standard InChI is InChI=1S/C18H31N5S/c1-14(12-13-17-19-21-22-20-17)18(24)23(15-8-4-2-5-9-15)16-10-6-3-7-11-16/h14-16H,2-13H2,1H3,(H,19,20,21,22). The van der Waals surface area contributed by atoms with Crippen molar-refractivity contribution in [1.29, 1.82) is 0 Å². The minimum atomic E-state index is 0.411. The molecule has 0 aromatic carbocycles. The Balaban J connectivity index is 1.64. The van der Waals surface area contributed by atoms with Crippen molar-refractivity contribution in [3.05, 3.63) is 5.82 Å². The molecule has 1 aromatic rings. The van der Waals surface area contributed by atoms with E-state index in [0.717, 1.165) is 18.7 Å². The lowest BCUT2D eigenvalue weighted by Gasteiger charge is -2.45. The van der Waals surface area contributed by atoms with Crippen LogP contribution in [-0.2, 0) is 6.42 Å². The highest BCUT2D eigenvalue weighted by Gasteiger charge is 2.32. The molecule has 2 aliphatic rings. The third-order valence-electron chi connectivity index (χ3n) is 5.82. The van der Waals surface area contributed by atoms with Gasteiger partial charge in [0.25, 0.3) is 0 Å². The van der Waals surface area contributed by atoms with Gasteiger partial charge in [0.05, 0.1) is 4.99 Å². The Labute approximate surface area is 151 Å². The number of tetrazole rings is 1. The van der Waals surface area contributed by atoms with Crippen molar-refractivity contribution in [2.45, 2.75) is 96.1 Å². The Hall–Kier alpha value is -1.04. The predicted octanol–water partition coefficient (Wildman–Crippen LogP) is 4.06. The number of thiocarbonyl (C=S) groups is 1. The molecule has 2 aliphatic carbocycles. The predicted molar refractivity (Wildman–Crippen MR) is 99.8 cm³/mol. The van der Waals surface area contributed by atoms with Crippen LogP contribution in [0.1, 0.15) is 83.4 Å². The minimum absolute atomic E-state index is 0.411. The topological polar surface area (TPSA) is 57.7 Å². The van der Waals surface area contributed by atoms with Gasteiger partial charge in [-0.3, -0.25) is 0 Å². The molecule has 0 aliphatic heterocycles. The fourth-order valence-corrected chi connectivity index (χ4v) is 4.81. The molecule has 5 nitrogen and oxygen atoms in total. The Morgan fingerprint density at radius 3 is 2.17 bits per heavy atom. The highest BCUT2D eigenvalue weighted by atomic mass is 32.1. The average molecular weight is 350 g/mol. The monoisotopic (exact) mass is 349 g/mol. The number of H-pyrrole nitrogens is 1. The van der Waals surface area contributed by atoms with Crippen LogP contribution in [0.5, 0.6) is 0 Å². The number of nitrogens with zero attached hydrogens (tertiary/aromatic N) is 4. The number of hydrogen-bond acceptors (Lipinski definition) is 4. The van der Waals surface area contributed by atoms with Gasteiger partial charge in [-0.2, -0.15) is 0 Å². The Kier molecular flexibility index (Phi) is 6.58. The number of aryl methyl sites for hydroxylation is 1. The molecule has 1 heterocycles. The van der Waals surface area contributed by atoms with Gasteiger partial charge in [0.2, 0.25) is 0 Å². The molecular weight excluding hydrogens is 318 g/mol. The number of hydrogen-bond donors (Lipinski definition) is 1. The molecule has 0 spiro atoms. The average Bonchev–Trinajstić information content (AvgIpc) is 3.15. The zero-order valence-electron chi connectivity index (χ0n) is 14.9. The van der Waals surface area contributed by atoms with Crippen LogP contribution in [0.3, 0.4) is 0 Å². The molecule has 2 saturated carbocycles. The van der Waals surface area contributed by atoms with Gasteiger partial charge in [-0.05, 0) is 42.5 Å². The van der Waals surface area contributed by atoms with E-state index in [1.54, 1.807) is 0 Å². The molecule has 0 bridgehead atoms. The molecule has 1 aromatic heterocycles. The normalized spacial score (nSPS) is 21.5. The van der Waals surface area contributed by atoms with E-state index in [2.05, 4.69) is 32.4 Å². The highest BCUT2D eigenvalue weighted by Crippen LogP contribution is 2.32. The van der Waals surface area contributed by atoms with Gasteiger partial charge in [0.15, 0.2) is 0 Å². The summed E-state index contributed by atoms with van der Waals surface area (Å²) < 4.78 is 0. The van der Waals surface area contributed by atoms with E-state index in [1.807, 2.05) is 0 Å². The SMILES string of the molecule is CC(CCc1nnn[nH]1)C(=S)N(C1CCCCC1)C1CCCCC1. The number of aromatic nitrogens is 4. The van der Waals surface area contributed by atoms with Crippen LogP contribution in [0.15, 0.2) is 0 Å². The van der Waals surface area contributed by atoms with Gasteiger partial charge in [0.1, 0.15) is 5.82 Å². The lowest BCUT2D eigenvalue weighted by Crippen LogP contribution is -2.50. The van der Waals surface area contributed by atoms with E-state index >= 15 is 0 Å². The number of nitrogens with one attached hydrogen (secondary N) is 1. The second-order valence-corrected chi connectivity index (χ2v) is 8.04. The second kappa shape index (κ2) is 8.88. The number of aromatic amines is 1. The molecule has 6 heteroatoms. The first-order valence-corrected chi connectivity index (χ1v) is 10.2. The summed E-state index contributed by atoms with van der Waals surface area (Å²) in [7, 11) is 0. The first kappa shape index (κ1) is 17.8. The van der Waals surface area contributed by atoms with E-state index in [1.165, 1.54) is 69.2 Å². The van der Waals surface area contributed by atoms with Crippen molar-refractivity contribution in [3.63, 3.8) is 0 Å². The Bertz CT molecular complexity index is 474. The molecule has 134 valence electrons. The van der Waals surface area contributed by atoms with E-state index in [9.17, 15) is 0 Å². The van der Waals surface area contributed by atoms with E-state index < -0.39 is 0 Å². The van der Waals surface area contributed by atoms with Gasteiger partial charge < -0.3 is 4.90 Å². The van der Waals surface area contributed by atoms with E-state index in [0.29, 0.717) is 18.0 Å². The quantitative estimate of drug-likeness (QED) is 0.785. The molecule has 24 heavy (non-hydrogen) atoms. The van der Waals surface area contributed by atoms with Crippen LogP contribution in [0.2, 0.25) is 0 Å². The Morgan fingerprint density at radius 2 is 1.67 bits per heavy atom. The summed E-state index contributed by atoms with van der Waals surface area (Å²) in [6, 6.07) is 1.37. The Morgan fingerprint density at radius 1 is 1.08 bits per heavy atom. The van der Waals surface area contributed by atoms with Crippen molar-refractivity contribution in [2.24, 2.45) is 5.92 Å². The maximum absolute atomic E-state index is 6.02. The second-order valence-electron chi connectivity index (χ2n) is 7.62. The summed E-state index contributed by atoms with van der Waals surface area (Å²) in [5.41, 5.74) is 0. The molecule has 1 unspecified atom stereocenters. The fourth-order valence-electron chi connectivity index (χ4n) is 4.39. The van der Waals surface area contributed by atoms with Crippen molar-refractivity contribution in [1.82, 2.24) is 25.5 Å². The molecule has 1 N–H and O–H groups in total. The summed E-state index contributed by atoms with van der Waals surface area (Å²) in [5, 5.41) is 14.2. The number of rotatable bonds is 6. The van der Waals surface area contributed by atoms with Crippen molar-refractivity contribution in [2.75, 3.05) is 0 Å². The van der Waals surface area contributed by atoms with Gasteiger partial charge in [-0.15, -0.1) is 5.10 Å². The van der Waals surface area contributed by atoms with E-state index in [4.69, 9.17) is 12.2 Å². The third-order valence-corrected chi connectivity index (χ3v) is 6.43. The van der Waals surface area contributed by atoms with Crippen LogP contribution in [0, 0.1) is 5.92 Å². The highest BCUT2D eigenvalue weighted by molar-refractivity contribution is 7.80. The van der Waals surface area contributed by atoms with Crippen LogP contribution in [0.25, 0.3) is 0 Å². The van der Waals surface area contributed by atoms with Crippen molar-refractivity contribution < 1.29 is 0 Å². The summed E-state index contributed by atoms with van der Waals surface area (Å²) in [5.74, 6) is 1.28. The van der Waals surface area contributed by atoms with Crippen molar-refractivity contribution in [3.8, 4) is 0 Å². The van der Waals surface area contributed by atoms with E-state index in [-0.39, 0.29) is 0 Å². The molecule has 0 saturated heterocycles.